The second-order valence-electron chi connectivity index (χ2n) is 4.06. The average Bonchev–Trinajstić information content (AvgIpc) is 2.34. The summed E-state index contributed by atoms with van der Waals surface area (Å²) in [5.41, 5.74) is 0.479. The van der Waals surface area contributed by atoms with Crippen molar-refractivity contribution in [1.29, 1.82) is 0 Å². The van der Waals surface area contributed by atoms with Gasteiger partial charge in [-0.1, -0.05) is 0 Å². The minimum atomic E-state index is -0.894. The van der Waals surface area contributed by atoms with Gasteiger partial charge < -0.3 is 14.6 Å². The molecule has 0 fully saturated rings. The van der Waals surface area contributed by atoms with E-state index in [0.717, 1.165) is 0 Å². The first-order valence-electron chi connectivity index (χ1n) is 5.57. The van der Waals surface area contributed by atoms with Crippen LogP contribution in [0.25, 0.3) is 11.0 Å². The van der Waals surface area contributed by atoms with Crippen LogP contribution >= 0.6 is 11.8 Å². The second-order valence-corrected chi connectivity index (χ2v) is 5.39. The smallest absolute Gasteiger partial charge is 0.336 e. The third-order valence-corrected chi connectivity index (χ3v) is 3.83. The van der Waals surface area contributed by atoms with Crippen LogP contribution in [0.2, 0.25) is 0 Å². The highest BCUT2D eigenvalue weighted by Crippen LogP contribution is 2.26. The van der Waals surface area contributed by atoms with Gasteiger partial charge in [-0.15, -0.1) is 11.8 Å². The Morgan fingerprint density at radius 2 is 2.16 bits per heavy atom. The van der Waals surface area contributed by atoms with Crippen LogP contribution in [0.1, 0.15) is 12.5 Å². The third-order valence-electron chi connectivity index (χ3n) is 2.65. The number of fused-ring (bicyclic) bond motifs is 1. The summed E-state index contributed by atoms with van der Waals surface area (Å²) in [6.07, 6.45) is 0. The molecule has 1 heterocycles. The van der Waals surface area contributed by atoms with Crippen molar-refractivity contribution >= 4 is 28.7 Å². The van der Waals surface area contributed by atoms with E-state index in [-0.39, 0.29) is 5.75 Å². The first kappa shape index (κ1) is 13.5. The molecule has 1 unspecified atom stereocenters. The Kier molecular flexibility index (Phi) is 3.80. The molecule has 0 amide bonds. The number of carboxylic acid groups (broad SMARTS) is 1. The molecular formula is C13H12O5S. The van der Waals surface area contributed by atoms with Crippen molar-refractivity contribution in [2.45, 2.75) is 17.9 Å². The highest BCUT2D eigenvalue weighted by atomic mass is 32.2. The van der Waals surface area contributed by atoms with Gasteiger partial charge in [0.15, 0.2) is 0 Å². The van der Waals surface area contributed by atoms with Crippen LogP contribution in [-0.4, -0.2) is 21.4 Å². The summed E-state index contributed by atoms with van der Waals surface area (Å²) in [7, 11) is 0. The van der Waals surface area contributed by atoms with Crippen molar-refractivity contribution in [3.05, 3.63) is 40.2 Å². The maximum atomic E-state index is 11.4. The minimum Gasteiger partial charge on any atom is -0.508 e. The van der Waals surface area contributed by atoms with E-state index in [2.05, 4.69) is 0 Å². The Bertz CT molecular complexity index is 676. The number of hydrogen-bond acceptors (Lipinski definition) is 5. The van der Waals surface area contributed by atoms with Crippen molar-refractivity contribution in [1.82, 2.24) is 0 Å². The summed E-state index contributed by atoms with van der Waals surface area (Å²) < 4.78 is 5.00. The molecule has 5 nitrogen and oxygen atoms in total. The van der Waals surface area contributed by atoms with Crippen LogP contribution in [-0.2, 0) is 10.5 Å². The van der Waals surface area contributed by atoms with E-state index in [1.54, 1.807) is 13.0 Å². The van der Waals surface area contributed by atoms with Crippen LogP contribution in [0.15, 0.2) is 33.5 Å². The largest absolute Gasteiger partial charge is 0.508 e. The molecule has 0 radical (unpaired) electrons. The first-order valence-corrected chi connectivity index (χ1v) is 6.62. The van der Waals surface area contributed by atoms with Gasteiger partial charge in [-0.25, -0.2) is 4.79 Å². The van der Waals surface area contributed by atoms with Crippen LogP contribution in [0.4, 0.5) is 0 Å². The third kappa shape index (κ3) is 3.08. The van der Waals surface area contributed by atoms with E-state index in [4.69, 9.17) is 9.52 Å². The number of aliphatic carboxylic acids is 1. The van der Waals surface area contributed by atoms with Gasteiger partial charge in [-0.05, 0) is 24.6 Å². The Labute approximate surface area is 112 Å². The lowest BCUT2D eigenvalue weighted by atomic mass is 10.1. The molecule has 0 aliphatic carbocycles. The summed E-state index contributed by atoms with van der Waals surface area (Å²) in [6, 6.07) is 5.86. The first-order chi connectivity index (χ1) is 8.97. The lowest BCUT2D eigenvalue weighted by Crippen LogP contribution is -2.12. The minimum absolute atomic E-state index is 0.0133. The number of benzene rings is 1. The van der Waals surface area contributed by atoms with E-state index in [9.17, 15) is 14.7 Å². The molecule has 2 aromatic rings. The Morgan fingerprint density at radius 1 is 1.42 bits per heavy atom. The number of hydrogen-bond donors (Lipinski definition) is 2. The summed E-state index contributed by atoms with van der Waals surface area (Å²) in [5, 5.41) is 18.3. The van der Waals surface area contributed by atoms with Crippen molar-refractivity contribution in [3.8, 4) is 5.75 Å². The molecule has 0 spiro atoms. The number of thioether (sulfide) groups is 1. The van der Waals surface area contributed by atoms with Gasteiger partial charge in [0, 0.05) is 23.3 Å². The van der Waals surface area contributed by atoms with Crippen LogP contribution in [0.3, 0.4) is 0 Å². The molecule has 2 N–H and O–H groups in total. The molecule has 0 bridgehead atoms. The molecule has 100 valence electrons. The van der Waals surface area contributed by atoms with E-state index < -0.39 is 16.8 Å². The van der Waals surface area contributed by atoms with Gasteiger partial charge in [-0.2, -0.15) is 0 Å². The lowest BCUT2D eigenvalue weighted by Gasteiger charge is -2.08. The fourth-order valence-corrected chi connectivity index (χ4v) is 2.44. The molecule has 6 heteroatoms. The summed E-state index contributed by atoms with van der Waals surface area (Å²) in [5.74, 6) is -0.491. The Balaban J connectivity index is 2.37. The predicted octanol–water partition coefficient (Wildman–Crippen LogP) is 2.20. The fourth-order valence-electron chi connectivity index (χ4n) is 1.62. The van der Waals surface area contributed by atoms with Crippen molar-refractivity contribution in [2.75, 3.05) is 0 Å². The van der Waals surface area contributed by atoms with Gasteiger partial charge in [0.2, 0.25) is 0 Å². The standard InChI is InChI=1S/C13H12O5S/c1-7(13(16)17)19-6-8-4-12(15)18-11-5-9(14)2-3-10(8)11/h2-5,7,14H,6H2,1H3,(H,16,17). The monoisotopic (exact) mass is 280 g/mol. The van der Waals surface area contributed by atoms with E-state index in [1.807, 2.05) is 0 Å². The molecule has 0 aliphatic heterocycles. The van der Waals surface area contributed by atoms with Crippen molar-refractivity contribution in [2.24, 2.45) is 0 Å². The maximum absolute atomic E-state index is 11.4. The molecule has 0 saturated carbocycles. The Morgan fingerprint density at radius 3 is 2.84 bits per heavy atom. The van der Waals surface area contributed by atoms with Gasteiger partial charge >= 0.3 is 11.6 Å². The highest BCUT2D eigenvalue weighted by Gasteiger charge is 2.13. The molecule has 19 heavy (non-hydrogen) atoms. The van der Waals surface area contributed by atoms with Crippen LogP contribution < -0.4 is 5.63 Å². The summed E-state index contributed by atoms with van der Waals surface area (Å²) in [6.45, 7) is 1.59. The molecule has 0 saturated heterocycles. The van der Waals surface area contributed by atoms with E-state index >= 15 is 0 Å². The zero-order valence-corrected chi connectivity index (χ0v) is 10.9. The van der Waals surface area contributed by atoms with Gasteiger partial charge in [0.25, 0.3) is 0 Å². The average molecular weight is 280 g/mol. The van der Waals surface area contributed by atoms with Crippen molar-refractivity contribution in [3.63, 3.8) is 0 Å². The second kappa shape index (κ2) is 5.36. The zero-order chi connectivity index (χ0) is 14.0. The molecule has 2 rings (SSSR count). The Hall–Kier alpha value is -1.95. The highest BCUT2D eigenvalue weighted by molar-refractivity contribution is 7.99. The molecule has 1 aromatic carbocycles. The molecular weight excluding hydrogens is 268 g/mol. The number of aromatic hydroxyl groups is 1. The van der Waals surface area contributed by atoms with Crippen LogP contribution in [0.5, 0.6) is 5.75 Å². The number of phenols is 1. The maximum Gasteiger partial charge on any atom is 0.336 e. The number of carboxylic acids is 1. The fraction of sp³-hybridized carbons (Fsp3) is 0.231. The normalized spacial score (nSPS) is 12.5. The molecule has 0 aliphatic rings. The number of rotatable bonds is 4. The lowest BCUT2D eigenvalue weighted by molar-refractivity contribution is -0.136. The van der Waals surface area contributed by atoms with Gasteiger partial charge in [0.1, 0.15) is 11.3 Å². The molecule has 1 aromatic heterocycles. The quantitative estimate of drug-likeness (QED) is 0.835. The topological polar surface area (TPSA) is 87.7 Å². The van der Waals surface area contributed by atoms with E-state index in [0.29, 0.717) is 22.3 Å². The van der Waals surface area contributed by atoms with Crippen LogP contribution in [0, 0.1) is 0 Å². The SMILES string of the molecule is CC(SCc1cc(=O)oc2cc(O)ccc12)C(=O)O. The molecule has 1 atom stereocenters. The zero-order valence-electron chi connectivity index (χ0n) is 10.1. The van der Waals surface area contributed by atoms with Crippen molar-refractivity contribution < 1.29 is 19.4 Å². The number of carbonyl (C=O) groups is 1. The summed E-state index contributed by atoms with van der Waals surface area (Å²) >= 11 is 1.22. The van der Waals surface area contributed by atoms with Gasteiger partial charge in [-0.3, -0.25) is 4.79 Å². The van der Waals surface area contributed by atoms with Gasteiger partial charge in [0.05, 0.1) is 5.25 Å². The van der Waals surface area contributed by atoms with E-state index in [1.165, 1.54) is 30.0 Å². The predicted molar refractivity (Wildman–Crippen MR) is 72.5 cm³/mol. The summed E-state index contributed by atoms with van der Waals surface area (Å²) in [4.78, 5) is 22.2. The number of phenolic OH excluding ortho intramolecular Hbond substituents is 1.